The maximum absolute atomic E-state index is 13.4. The van der Waals surface area contributed by atoms with Gasteiger partial charge in [-0.2, -0.15) is 0 Å². The monoisotopic (exact) mass is 567 g/mol. The van der Waals surface area contributed by atoms with E-state index in [1.54, 1.807) is 38.3 Å². The fourth-order valence-electron chi connectivity index (χ4n) is 5.54. The Labute approximate surface area is 244 Å². The number of aliphatic carboxylic acids is 1. The molecule has 1 aliphatic rings. The van der Waals surface area contributed by atoms with E-state index in [-0.39, 0.29) is 12.5 Å². The van der Waals surface area contributed by atoms with Gasteiger partial charge in [0.1, 0.15) is 23.9 Å². The average molecular weight is 568 g/mol. The smallest absolute Gasteiger partial charge is 0.407 e. The Balaban J connectivity index is 1.48. The van der Waals surface area contributed by atoms with Gasteiger partial charge in [0.15, 0.2) is 0 Å². The first kappa shape index (κ1) is 28.5. The number of nitrogens with one attached hydrogen (secondary N) is 1. The topological polar surface area (TPSA) is 103 Å². The van der Waals surface area contributed by atoms with Crippen LogP contribution in [0.15, 0.2) is 84.9 Å². The number of benzene rings is 4. The summed E-state index contributed by atoms with van der Waals surface area (Å²) in [4.78, 5) is 25.4. The van der Waals surface area contributed by atoms with Gasteiger partial charge in [0.25, 0.3) is 0 Å². The number of hydrogen-bond acceptors (Lipinski definition) is 6. The van der Waals surface area contributed by atoms with Gasteiger partial charge in [-0.25, -0.2) is 4.79 Å². The second-order valence-corrected chi connectivity index (χ2v) is 10.1. The van der Waals surface area contributed by atoms with E-state index in [9.17, 15) is 14.7 Å². The third-order valence-electron chi connectivity index (χ3n) is 7.78. The van der Waals surface area contributed by atoms with Crippen molar-refractivity contribution in [1.82, 2.24) is 5.32 Å². The summed E-state index contributed by atoms with van der Waals surface area (Å²) < 4.78 is 22.4. The first-order chi connectivity index (χ1) is 20.4. The van der Waals surface area contributed by atoms with E-state index in [1.165, 1.54) is 14.2 Å². The zero-order valence-electron chi connectivity index (χ0n) is 23.9. The minimum atomic E-state index is -1.00. The van der Waals surface area contributed by atoms with Crippen LogP contribution in [0, 0.1) is 0 Å². The minimum Gasteiger partial charge on any atom is -0.497 e. The van der Waals surface area contributed by atoms with Crippen molar-refractivity contribution in [3.8, 4) is 28.4 Å². The van der Waals surface area contributed by atoms with Gasteiger partial charge >= 0.3 is 12.1 Å². The van der Waals surface area contributed by atoms with Crippen molar-refractivity contribution >= 4 is 12.1 Å². The van der Waals surface area contributed by atoms with Gasteiger partial charge in [0.05, 0.1) is 33.3 Å². The van der Waals surface area contributed by atoms with Crippen molar-refractivity contribution in [3.63, 3.8) is 0 Å². The van der Waals surface area contributed by atoms with Crippen molar-refractivity contribution < 1.29 is 33.6 Å². The fourth-order valence-corrected chi connectivity index (χ4v) is 5.54. The number of carboxylic acid groups (broad SMARTS) is 1. The number of carbonyl (C=O) groups excluding carboxylic acids is 1. The van der Waals surface area contributed by atoms with E-state index < -0.39 is 24.0 Å². The van der Waals surface area contributed by atoms with Crippen molar-refractivity contribution in [2.45, 2.75) is 24.8 Å². The van der Waals surface area contributed by atoms with E-state index in [1.807, 2.05) is 36.4 Å². The van der Waals surface area contributed by atoms with Crippen LogP contribution in [0.3, 0.4) is 0 Å². The van der Waals surface area contributed by atoms with Crippen molar-refractivity contribution in [2.24, 2.45) is 0 Å². The molecule has 0 saturated heterocycles. The zero-order chi connectivity index (χ0) is 29.8. The van der Waals surface area contributed by atoms with Crippen LogP contribution in [-0.2, 0) is 9.53 Å². The average Bonchev–Trinajstić information content (AvgIpc) is 3.35. The zero-order valence-corrected chi connectivity index (χ0v) is 23.9. The number of methoxy groups -OCH3 is 3. The highest BCUT2D eigenvalue weighted by Crippen LogP contribution is 2.45. The number of carboxylic acids is 1. The molecule has 4 aromatic rings. The van der Waals surface area contributed by atoms with Gasteiger partial charge in [-0.05, 0) is 52.9 Å². The predicted molar refractivity (Wildman–Crippen MR) is 159 cm³/mol. The van der Waals surface area contributed by atoms with Crippen LogP contribution in [0.2, 0.25) is 0 Å². The third kappa shape index (κ3) is 5.48. The Kier molecular flexibility index (Phi) is 8.33. The van der Waals surface area contributed by atoms with Crippen LogP contribution in [0.5, 0.6) is 17.2 Å². The summed E-state index contributed by atoms with van der Waals surface area (Å²) in [5.41, 5.74) is 6.24. The lowest BCUT2D eigenvalue weighted by molar-refractivity contribution is -0.138. The Hall–Kier alpha value is -4.98. The largest absolute Gasteiger partial charge is 0.497 e. The van der Waals surface area contributed by atoms with Crippen LogP contribution >= 0.6 is 0 Å². The number of rotatable bonds is 10. The molecule has 42 heavy (non-hydrogen) atoms. The van der Waals surface area contributed by atoms with E-state index in [0.717, 1.165) is 27.8 Å². The van der Waals surface area contributed by atoms with Crippen LogP contribution in [0.4, 0.5) is 4.79 Å². The van der Waals surface area contributed by atoms with Crippen LogP contribution in [0.25, 0.3) is 11.1 Å². The molecule has 0 bridgehead atoms. The van der Waals surface area contributed by atoms with Crippen LogP contribution < -0.4 is 19.5 Å². The lowest BCUT2D eigenvalue weighted by Crippen LogP contribution is -2.31. The highest BCUT2D eigenvalue weighted by molar-refractivity contribution is 5.79. The van der Waals surface area contributed by atoms with E-state index in [2.05, 4.69) is 29.6 Å². The Morgan fingerprint density at radius 1 is 0.786 bits per heavy atom. The van der Waals surface area contributed by atoms with Gasteiger partial charge in [0, 0.05) is 23.1 Å². The quantitative estimate of drug-likeness (QED) is 0.225. The molecule has 2 unspecified atom stereocenters. The van der Waals surface area contributed by atoms with E-state index in [4.69, 9.17) is 18.9 Å². The van der Waals surface area contributed by atoms with Gasteiger partial charge in [-0.1, -0.05) is 60.7 Å². The van der Waals surface area contributed by atoms with Crippen molar-refractivity contribution in [3.05, 3.63) is 113 Å². The molecule has 216 valence electrons. The number of amides is 1. The fraction of sp³-hybridized carbons (Fsp3) is 0.235. The maximum atomic E-state index is 13.4. The summed E-state index contributed by atoms with van der Waals surface area (Å²) in [7, 11) is 4.56. The molecule has 4 aromatic carbocycles. The van der Waals surface area contributed by atoms with Gasteiger partial charge in [0.2, 0.25) is 0 Å². The second kappa shape index (κ2) is 12.3. The number of alkyl carbamates (subject to hydrolysis) is 1. The molecule has 2 atom stereocenters. The first-order valence-electron chi connectivity index (χ1n) is 13.6. The van der Waals surface area contributed by atoms with Crippen LogP contribution in [-0.4, -0.2) is 45.1 Å². The Morgan fingerprint density at radius 3 is 1.90 bits per heavy atom. The Morgan fingerprint density at radius 2 is 1.36 bits per heavy atom. The van der Waals surface area contributed by atoms with Crippen molar-refractivity contribution in [2.75, 3.05) is 27.9 Å². The Bertz CT molecular complexity index is 1550. The molecular formula is C34H33NO7. The molecule has 0 aliphatic heterocycles. The second-order valence-electron chi connectivity index (χ2n) is 10.1. The molecule has 1 aliphatic carbocycles. The first-order valence-corrected chi connectivity index (χ1v) is 13.6. The van der Waals surface area contributed by atoms with E-state index >= 15 is 0 Å². The molecule has 8 nitrogen and oxygen atoms in total. The number of hydrogen-bond donors (Lipinski definition) is 2. The van der Waals surface area contributed by atoms with Gasteiger partial charge < -0.3 is 29.4 Å². The molecule has 5 rings (SSSR count). The van der Waals surface area contributed by atoms with Gasteiger partial charge in [-0.15, -0.1) is 0 Å². The summed E-state index contributed by atoms with van der Waals surface area (Å²) in [6.45, 7) is 1.73. The predicted octanol–water partition coefficient (Wildman–Crippen LogP) is 6.53. The van der Waals surface area contributed by atoms with Crippen molar-refractivity contribution in [1.29, 1.82) is 0 Å². The molecule has 1 amide bonds. The van der Waals surface area contributed by atoms with Gasteiger partial charge in [-0.3, -0.25) is 4.79 Å². The highest BCUT2D eigenvalue weighted by Gasteiger charge is 2.31. The molecule has 0 fully saturated rings. The maximum Gasteiger partial charge on any atom is 0.407 e. The summed E-state index contributed by atoms with van der Waals surface area (Å²) in [6, 6.07) is 26.1. The molecule has 0 saturated carbocycles. The lowest BCUT2D eigenvalue weighted by Gasteiger charge is -2.25. The molecule has 2 N–H and O–H groups in total. The summed E-state index contributed by atoms with van der Waals surface area (Å²) in [5.74, 6) is -0.514. The minimum absolute atomic E-state index is 0.0962. The number of ether oxygens (including phenoxy) is 4. The molecule has 0 radical (unpaired) electrons. The van der Waals surface area contributed by atoms with E-state index in [0.29, 0.717) is 28.4 Å². The van der Waals surface area contributed by atoms with Crippen LogP contribution in [0.1, 0.15) is 52.6 Å². The molecule has 8 heteroatoms. The number of fused-ring (bicyclic) bond motifs is 3. The summed E-state index contributed by atoms with van der Waals surface area (Å²) in [6.07, 6.45) is -0.622. The summed E-state index contributed by atoms with van der Waals surface area (Å²) in [5, 5.41) is 12.8. The SMILES string of the molecule is COc1ccc(C(NC(=O)OCC2c3ccccc3-c3ccccc32)c2cc(C(C)C(=O)O)c(OC)cc2OC)cc1. The molecule has 0 spiro atoms. The molecule has 0 heterocycles. The highest BCUT2D eigenvalue weighted by atomic mass is 16.5. The molecular weight excluding hydrogens is 534 g/mol. The third-order valence-corrected chi connectivity index (χ3v) is 7.78. The number of carbonyl (C=O) groups is 2. The summed E-state index contributed by atoms with van der Waals surface area (Å²) >= 11 is 0. The standard InChI is InChI=1S/C34H33NO7/c1-20(33(36)37)27-17-28(31(41-4)18-30(27)40-3)32(21-13-15-22(39-2)16-14-21)35-34(38)42-19-29-25-11-7-5-9-23(25)24-10-6-8-12-26(24)29/h5-18,20,29,32H,19H2,1-4H3,(H,35,38)(H,36,37). The lowest BCUT2D eigenvalue weighted by atomic mass is 9.91. The normalized spacial score (nSPS) is 13.3. The molecule has 0 aromatic heterocycles.